The van der Waals surface area contributed by atoms with Gasteiger partial charge in [-0.1, -0.05) is 36.8 Å². The summed E-state index contributed by atoms with van der Waals surface area (Å²) in [6.07, 6.45) is 3.42. The minimum Gasteiger partial charge on any atom is -0.493 e. The number of para-hydroxylation sites is 1. The molecule has 1 aromatic carbocycles. The lowest BCUT2D eigenvalue weighted by Gasteiger charge is -2.31. The molecule has 0 amide bonds. The average molecular weight is 245 g/mol. The van der Waals surface area contributed by atoms with Gasteiger partial charge >= 0.3 is 0 Å². The smallest absolute Gasteiger partial charge is 0.122 e. The Labute approximate surface area is 110 Å². The second-order valence-corrected chi connectivity index (χ2v) is 5.21. The van der Waals surface area contributed by atoms with Crippen molar-refractivity contribution in [1.82, 2.24) is 5.32 Å². The molecule has 98 valence electrons. The van der Waals surface area contributed by atoms with Crippen LogP contribution in [0.4, 0.5) is 0 Å². The molecule has 0 radical (unpaired) electrons. The van der Waals surface area contributed by atoms with Gasteiger partial charge in [0, 0.05) is 12.0 Å². The van der Waals surface area contributed by atoms with Crippen LogP contribution in [0.25, 0.3) is 0 Å². The molecule has 2 rings (SSSR count). The lowest BCUT2D eigenvalue weighted by Crippen LogP contribution is -2.40. The van der Waals surface area contributed by atoms with Crippen LogP contribution in [0.1, 0.15) is 26.3 Å². The molecule has 1 N–H and O–H groups in total. The van der Waals surface area contributed by atoms with Crippen LogP contribution in [0, 0.1) is 5.92 Å². The third kappa shape index (κ3) is 3.14. The Morgan fingerprint density at radius 2 is 2.22 bits per heavy atom. The molecular weight excluding hydrogens is 222 g/mol. The number of likely N-dealkylation sites (N-methyl/N-ethyl adjacent to an activating group) is 1. The van der Waals surface area contributed by atoms with E-state index < -0.39 is 0 Å². The highest BCUT2D eigenvalue weighted by Gasteiger charge is 2.25. The lowest BCUT2D eigenvalue weighted by molar-refractivity contribution is 0.200. The molecule has 2 heteroatoms. The first-order valence-corrected chi connectivity index (χ1v) is 6.79. The number of rotatable bonds is 4. The van der Waals surface area contributed by atoms with E-state index in [4.69, 9.17) is 4.74 Å². The van der Waals surface area contributed by atoms with Crippen molar-refractivity contribution in [1.29, 1.82) is 0 Å². The van der Waals surface area contributed by atoms with Gasteiger partial charge in [-0.25, -0.2) is 0 Å². The van der Waals surface area contributed by atoms with Gasteiger partial charge in [0.15, 0.2) is 0 Å². The average Bonchev–Trinajstić information content (AvgIpc) is 2.37. The highest BCUT2D eigenvalue weighted by molar-refractivity contribution is 5.35. The molecule has 0 bridgehead atoms. The maximum Gasteiger partial charge on any atom is 0.122 e. The minimum atomic E-state index is 0.411. The van der Waals surface area contributed by atoms with Crippen molar-refractivity contribution >= 4 is 0 Å². The van der Waals surface area contributed by atoms with Gasteiger partial charge in [0.05, 0.1) is 6.61 Å². The van der Waals surface area contributed by atoms with Crippen molar-refractivity contribution in [3.8, 4) is 5.75 Å². The summed E-state index contributed by atoms with van der Waals surface area (Å²) in [5.41, 5.74) is 2.69. The molecule has 2 nitrogen and oxygen atoms in total. The maximum atomic E-state index is 5.88. The van der Waals surface area contributed by atoms with E-state index in [0.29, 0.717) is 12.0 Å². The van der Waals surface area contributed by atoms with Crippen molar-refractivity contribution in [2.45, 2.75) is 33.2 Å². The Balaban J connectivity index is 2.12. The van der Waals surface area contributed by atoms with Gasteiger partial charge in [0.25, 0.3) is 0 Å². The molecule has 0 saturated carbocycles. The number of hydrogen-bond donors (Lipinski definition) is 1. The summed E-state index contributed by atoms with van der Waals surface area (Å²) in [4.78, 5) is 0. The minimum absolute atomic E-state index is 0.411. The summed E-state index contributed by atoms with van der Waals surface area (Å²) in [5, 5.41) is 3.56. The number of allylic oxidation sites excluding steroid dienone is 1. The van der Waals surface area contributed by atoms with Crippen LogP contribution < -0.4 is 10.1 Å². The van der Waals surface area contributed by atoms with Gasteiger partial charge in [0.1, 0.15) is 5.75 Å². The molecule has 0 spiro atoms. The predicted octanol–water partition coefficient (Wildman–Crippen LogP) is 3.18. The molecule has 1 aliphatic rings. The van der Waals surface area contributed by atoms with Gasteiger partial charge in [-0.15, -0.1) is 0 Å². The quantitative estimate of drug-likeness (QED) is 0.823. The van der Waals surface area contributed by atoms with Crippen LogP contribution in [0.2, 0.25) is 0 Å². The van der Waals surface area contributed by atoms with E-state index in [9.17, 15) is 0 Å². The summed E-state index contributed by atoms with van der Waals surface area (Å²) >= 11 is 0. The van der Waals surface area contributed by atoms with Crippen LogP contribution in [0.15, 0.2) is 35.9 Å². The second kappa shape index (κ2) is 6.05. The third-order valence-corrected chi connectivity index (χ3v) is 3.37. The number of benzene rings is 1. The van der Waals surface area contributed by atoms with E-state index in [2.05, 4.69) is 50.4 Å². The van der Waals surface area contributed by atoms with Gasteiger partial charge in [-0.05, 0) is 38.4 Å². The maximum absolute atomic E-state index is 5.88. The van der Waals surface area contributed by atoms with E-state index >= 15 is 0 Å². The van der Waals surface area contributed by atoms with E-state index in [1.54, 1.807) is 0 Å². The number of nitrogens with one attached hydrogen (secondary N) is 1. The summed E-state index contributed by atoms with van der Waals surface area (Å²) in [7, 11) is 0. The van der Waals surface area contributed by atoms with Crippen LogP contribution in [-0.4, -0.2) is 19.2 Å². The summed E-state index contributed by atoms with van der Waals surface area (Å²) in [6.45, 7) is 8.26. The Bertz CT molecular complexity index is 421. The van der Waals surface area contributed by atoms with Crippen molar-refractivity contribution < 1.29 is 4.74 Å². The molecule has 1 aromatic rings. The van der Waals surface area contributed by atoms with E-state index in [1.807, 2.05) is 6.07 Å². The van der Waals surface area contributed by atoms with Crippen molar-refractivity contribution in [2.75, 3.05) is 13.2 Å². The topological polar surface area (TPSA) is 21.3 Å². The Morgan fingerprint density at radius 3 is 2.94 bits per heavy atom. The third-order valence-electron chi connectivity index (χ3n) is 3.37. The van der Waals surface area contributed by atoms with Crippen LogP contribution in [0.3, 0.4) is 0 Å². The van der Waals surface area contributed by atoms with Gasteiger partial charge in [-0.2, -0.15) is 0 Å². The van der Waals surface area contributed by atoms with E-state index in [1.165, 1.54) is 11.1 Å². The van der Waals surface area contributed by atoms with Gasteiger partial charge in [-0.3, -0.25) is 0 Å². The second-order valence-electron chi connectivity index (χ2n) is 5.21. The number of hydrogen-bond acceptors (Lipinski definition) is 2. The number of fused-ring (bicyclic) bond motifs is 1. The van der Waals surface area contributed by atoms with E-state index in [-0.39, 0.29) is 0 Å². The molecule has 1 heterocycles. The molecule has 0 fully saturated rings. The molecule has 0 saturated heterocycles. The normalized spacial score (nSPS) is 19.6. The summed E-state index contributed by atoms with van der Waals surface area (Å²) in [6, 6.07) is 8.78. The molecule has 18 heavy (non-hydrogen) atoms. The van der Waals surface area contributed by atoms with Gasteiger partial charge < -0.3 is 10.1 Å². The van der Waals surface area contributed by atoms with Crippen LogP contribution in [0.5, 0.6) is 5.75 Å². The molecule has 2 atom stereocenters. The predicted molar refractivity (Wildman–Crippen MR) is 76.0 cm³/mol. The summed E-state index contributed by atoms with van der Waals surface area (Å²) < 4.78 is 5.88. The first-order chi connectivity index (χ1) is 8.70. The van der Waals surface area contributed by atoms with Gasteiger partial charge in [0.2, 0.25) is 0 Å². The molecule has 0 aliphatic carbocycles. The fourth-order valence-corrected chi connectivity index (χ4v) is 2.54. The molecule has 2 unspecified atom stereocenters. The summed E-state index contributed by atoms with van der Waals surface area (Å²) in [5.74, 6) is 1.58. The molecule has 0 aromatic heterocycles. The molecule has 1 aliphatic heterocycles. The standard InChI is InChI=1S/C16H23NO/c1-4-17-15(9-12(2)3)14-10-13-7-5-6-8-16(13)18-11-14/h5-9,14-15,17H,4,10-11H2,1-3H3. The zero-order valence-corrected chi connectivity index (χ0v) is 11.6. The lowest BCUT2D eigenvalue weighted by atomic mass is 9.89. The number of ether oxygens (including phenoxy) is 1. The van der Waals surface area contributed by atoms with E-state index in [0.717, 1.165) is 25.3 Å². The van der Waals surface area contributed by atoms with Crippen molar-refractivity contribution in [2.24, 2.45) is 5.92 Å². The Morgan fingerprint density at radius 1 is 1.44 bits per heavy atom. The Kier molecular flexibility index (Phi) is 4.43. The molecular formula is C16H23NO. The highest BCUT2D eigenvalue weighted by atomic mass is 16.5. The van der Waals surface area contributed by atoms with Crippen LogP contribution in [-0.2, 0) is 6.42 Å². The SMILES string of the molecule is CCNC(C=C(C)C)C1COc2ccccc2C1. The fraction of sp³-hybridized carbons (Fsp3) is 0.500. The monoisotopic (exact) mass is 245 g/mol. The first kappa shape index (κ1) is 13.2. The largest absolute Gasteiger partial charge is 0.493 e. The highest BCUT2D eigenvalue weighted by Crippen LogP contribution is 2.28. The van der Waals surface area contributed by atoms with Crippen molar-refractivity contribution in [3.63, 3.8) is 0 Å². The zero-order valence-electron chi connectivity index (χ0n) is 11.6. The first-order valence-electron chi connectivity index (χ1n) is 6.79. The Hall–Kier alpha value is -1.28. The van der Waals surface area contributed by atoms with Crippen LogP contribution >= 0.6 is 0 Å². The zero-order chi connectivity index (χ0) is 13.0. The van der Waals surface area contributed by atoms with Crippen molar-refractivity contribution in [3.05, 3.63) is 41.5 Å². The fourth-order valence-electron chi connectivity index (χ4n) is 2.54.